The average Bonchev–Trinajstić information content (AvgIpc) is 3.12. The van der Waals surface area contributed by atoms with Crippen molar-refractivity contribution < 1.29 is 17.9 Å². The molecule has 6 nitrogen and oxygen atoms in total. The maximum absolute atomic E-state index is 12.9. The van der Waals surface area contributed by atoms with Gasteiger partial charge in [-0.2, -0.15) is 4.31 Å². The lowest BCUT2D eigenvalue weighted by molar-refractivity contribution is -0.116. The van der Waals surface area contributed by atoms with Gasteiger partial charge in [-0.15, -0.1) is 0 Å². The molecule has 7 heteroatoms. The summed E-state index contributed by atoms with van der Waals surface area (Å²) in [6.45, 7) is 2.31. The average molecular weight is 455 g/mol. The van der Waals surface area contributed by atoms with Crippen molar-refractivity contribution >= 4 is 22.0 Å². The van der Waals surface area contributed by atoms with Crippen LogP contribution in [0.4, 0.5) is 0 Å². The number of nitrogens with zero attached hydrogens (tertiary/aromatic N) is 1. The molecular formula is C25H30N2O4S. The van der Waals surface area contributed by atoms with Crippen LogP contribution in [0.25, 0.3) is 6.08 Å². The van der Waals surface area contributed by atoms with Crippen molar-refractivity contribution in [3.63, 3.8) is 0 Å². The third-order valence-electron chi connectivity index (χ3n) is 6.03. The number of carbonyl (C=O) groups is 1. The summed E-state index contributed by atoms with van der Waals surface area (Å²) in [6.07, 6.45) is 8.05. The van der Waals surface area contributed by atoms with Crippen LogP contribution >= 0.6 is 0 Å². The Bertz CT molecular complexity index is 1060. The van der Waals surface area contributed by atoms with E-state index in [1.165, 1.54) is 11.6 Å². The number of amides is 1. The van der Waals surface area contributed by atoms with E-state index in [9.17, 15) is 13.2 Å². The number of carbonyl (C=O) groups excluding carboxylic acids is 1. The van der Waals surface area contributed by atoms with E-state index >= 15 is 0 Å². The number of para-hydroxylation sites is 1. The molecule has 1 saturated heterocycles. The maximum Gasteiger partial charge on any atom is 0.244 e. The van der Waals surface area contributed by atoms with E-state index in [-0.39, 0.29) is 11.8 Å². The largest absolute Gasteiger partial charge is 0.493 e. The molecule has 1 atom stereocenters. The SMILES string of the molecule is O=C(/C=C/c1ccc(S(=O)(=O)N2CCCCCC2)cc1)NCC1COc2ccccc2C1. The summed E-state index contributed by atoms with van der Waals surface area (Å²) in [5.41, 5.74) is 1.95. The van der Waals surface area contributed by atoms with Crippen molar-refractivity contribution in [2.24, 2.45) is 5.92 Å². The summed E-state index contributed by atoms with van der Waals surface area (Å²) in [5, 5.41) is 2.93. The van der Waals surface area contributed by atoms with Crippen molar-refractivity contribution in [3.05, 3.63) is 65.7 Å². The fraction of sp³-hybridized carbons (Fsp3) is 0.400. The highest BCUT2D eigenvalue weighted by molar-refractivity contribution is 7.89. The molecule has 0 bridgehead atoms. The molecule has 4 rings (SSSR count). The number of ether oxygens (including phenoxy) is 1. The minimum atomic E-state index is -3.46. The van der Waals surface area contributed by atoms with Gasteiger partial charge in [0.15, 0.2) is 0 Å². The highest BCUT2D eigenvalue weighted by Crippen LogP contribution is 2.26. The first-order valence-corrected chi connectivity index (χ1v) is 12.7. The molecule has 0 radical (unpaired) electrons. The summed E-state index contributed by atoms with van der Waals surface area (Å²) in [6, 6.07) is 14.7. The van der Waals surface area contributed by atoms with Gasteiger partial charge >= 0.3 is 0 Å². The number of fused-ring (bicyclic) bond motifs is 1. The number of sulfonamides is 1. The van der Waals surface area contributed by atoms with Crippen molar-refractivity contribution in [1.82, 2.24) is 9.62 Å². The molecule has 1 amide bonds. The lowest BCUT2D eigenvalue weighted by Crippen LogP contribution is -2.33. The van der Waals surface area contributed by atoms with Crippen molar-refractivity contribution in [2.75, 3.05) is 26.2 Å². The predicted octanol–water partition coefficient (Wildman–Crippen LogP) is 3.63. The topological polar surface area (TPSA) is 75.7 Å². The van der Waals surface area contributed by atoms with Gasteiger partial charge in [-0.3, -0.25) is 4.79 Å². The molecule has 2 aromatic rings. The Balaban J connectivity index is 1.29. The van der Waals surface area contributed by atoms with Crippen LogP contribution in [0.1, 0.15) is 36.8 Å². The van der Waals surface area contributed by atoms with E-state index in [0.29, 0.717) is 31.1 Å². The van der Waals surface area contributed by atoms with Crippen LogP contribution in [0.3, 0.4) is 0 Å². The Labute approximate surface area is 190 Å². The number of rotatable bonds is 6. The Kier molecular flexibility index (Phi) is 7.27. The van der Waals surface area contributed by atoms with Crippen molar-refractivity contribution in [2.45, 2.75) is 37.0 Å². The van der Waals surface area contributed by atoms with Crippen molar-refractivity contribution in [3.8, 4) is 5.75 Å². The quantitative estimate of drug-likeness (QED) is 0.677. The van der Waals surface area contributed by atoms with E-state index in [0.717, 1.165) is 43.4 Å². The van der Waals surface area contributed by atoms with E-state index in [1.807, 2.05) is 18.2 Å². The Hall–Kier alpha value is -2.64. The zero-order valence-electron chi connectivity index (χ0n) is 18.2. The van der Waals surface area contributed by atoms with Crippen LogP contribution in [-0.2, 0) is 21.2 Å². The van der Waals surface area contributed by atoms with Crippen LogP contribution in [0.2, 0.25) is 0 Å². The molecule has 1 N–H and O–H groups in total. The molecule has 0 saturated carbocycles. The highest BCUT2D eigenvalue weighted by Gasteiger charge is 2.25. The van der Waals surface area contributed by atoms with Gasteiger partial charge in [0, 0.05) is 31.6 Å². The van der Waals surface area contributed by atoms with E-state index < -0.39 is 10.0 Å². The normalized spacial score (nSPS) is 19.7. The van der Waals surface area contributed by atoms with E-state index in [2.05, 4.69) is 11.4 Å². The van der Waals surface area contributed by atoms with Crippen LogP contribution in [0, 0.1) is 5.92 Å². The summed E-state index contributed by atoms with van der Waals surface area (Å²) >= 11 is 0. The highest BCUT2D eigenvalue weighted by atomic mass is 32.2. The lowest BCUT2D eigenvalue weighted by atomic mass is 9.97. The smallest absolute Gasteiger partial charge is 0.244 e. The number of nitrogens with one attached hydrogen (secondary N) is 1. The summed E-state index contributed by atoms with van der Waals surface area (Å²) in [5.74, 6) is 0.993. The second-order valence-electron chi connectivity index (χ2n) is 8.45. The molecule has 0 aliphatic carbocycles. The molecular weight excluding hydrogens is 424 g/mol. The third-order valence-corrected chi connectivity index (χ3v) is 7.94. The molecule has 1 fully saturated rings. The summed E-state index contributed by atoms with van der Waals surface area (Å²) in [7, 11) is -3.46. The van der Waals surface area contributed by atoms with E-state index in [1.54, 1.807) is 34.6 Å². The third kappa shape index (κ3) is 5.58. The molecule has 2 aromatic carbocycles. The molecule has 0 spiro atoms. The summed E-state index contributed by atoms with van der Waals surface area (Å²) in [4.78, 5) is 12.5. The van der Waals surface area contributed by atoms with Gasteiger partial charge < -0.3 is 10.1 Å². The van der Waals surface area contributed by atoms with E-state index in [4.69, 9.17) is 4.74 Å². The predicted molar refractivity (Wildman–Crippen MR) is 125 cm³/mol. The van der Waals surface area contributed by atoms with Gasteiger partial charge in [0.1, 0.15) is 5.75 Å². The van der Waals surface area contributed by atoms with Gasteiger partial charge in [0.2, 0.25) is 15.9 Å². The van der Waals surface area contributed by atoms with Gasteiger partial charge in [-0.1, -0.05) is 43.2 Å². The molecule has 2 aliphatic heterocycles. The van der Waals surface area contributed by atoms with Crippen LogP contribution in [0.15, 0.2) is 59.5 Å². The van der Waals surface area contributed by atoms with Crippen LogP contribution in [-0.4, -0.2) is 44.9 Å². The standard InChI is InChI=1S/C25H30N2O4S/c28-25(26-18-21-17-22-7-3-4-8-24(22)31-19-21)14-11-20-9-12-23(13-10-20)32(29,30)27-15-5-1-2-6-16-27/h3-4,7-14,21H,1-2,5-6,15-19H2,(H,26,28)/b14-11+. The molecule has 2 heterocycles. The molecule has 170 valence electrons. The Morgan fingerprint density at radius 1 is 1.03 bits per heavy atom. The lowest BCUT2D eigenvalue weighted by Gasteiger charge is -2.25. The first-order chi connectivity index (χ1) is 15.5. The van der Waals surface area contributed by atoms with Crippen molar-refractivity contribution in [1.29, 1.82) is 0 Å². The second kappa shape index (κ2) is 10.3. The van der Waals surface area contributed by atoms with Gasteiger partial charge in [0.05, 0.1) is 11.5 Å². The first-order valence-electron chi connectivity index (χ1n) is 11.3. The van der Waals surface area contributed by atoms with Crippen LogP contribution in [0.5, 0.6) is 5.75 Å². The monoisotopic (exact) mass is 454 g/mol. The van der Waals surface area contributed by atoms with Gasteiger partial charge in [-0.25, -0.2) is 8.42 Å². The minimum absolute atomic E-state index is 0.176. The number of hydrogen-bond donors (Lipinski definition) is 1. The zero-order chi connectivity index (χ0) is 22.4. The Morgan fingerprint density at radius 3 is 2.50 bits per heavy atom. The van der Waals surface area contributed by atoms with Gasteiger partial charge in [0.25, 0.3) is 0 Å². The fourth-order valence-corrected chi connectivity index (χ4v) is 5.70. The molecule has 32 heavy (non-hydrogen) atoms. The van der Waals surface area contributed by atoms with Crippen LogP contribution < -0.4 is 10.1 Å². The second-order valence-corrected chi connectivity index (χ2v) is 10.4. The fourth-order valence-electron chi connectivity index (χ4n) is 4.18. The molecule has 0 aromatic heterocycles. The van der Waals surface area contributed by atoms with Gasteiger partial charge in [-0.05, 0) is 54.7 Å². The maximum atomic E-state index is 12.9. The number of hydrogen-bond acceptors (Lipinski definition) is 4. The summed E-state index contributed by atoms with van der Waals surface area (Å²) < 4.78 is 33.1. The zero-order valence-corrected chi connectivity index (χ0v) is 19.0. The molecule has 2 aliphatic rings. The number of benzene rings is 2. The minimum Gasteiger partial charge on any atom is -0.493 e. The molecule has 1 unspecified atom stereocenters. The first kappa shape index (κ1) is 22.6. The Morgan fingerprint density at radius 2 is 1.75 bits per heavy atom.